The van der Waals surface area contributed by atoms with Crippen LogP contribution >= 0.6 is 35.3 Å². The lowest BCUT2D eigenvalue weighted by Gasteiger charge is -2.34. The van der Waals surface area contributed by atoms with Crippen LogP contribution in [-0.4, -0.2) is 82.9 Å². The zero-order valence-corrected chi connectivity index (χ0v) is 22.4. The monoisotopic (exact) mass is 573 g/mol. The summed E-state index contributed by atoms with van der Waals surface area (Å²) in [5.74, 6) is 1.70. The number of guanidine groups is 1. The van der Waals surface area contributed by atoms with Crippen LogP contribution in [0.15, 0.2) is 46.8 Å². The predicted molar refractivity (Wildman–Crippen MR) is 144 cm³/mol. The van der Waals surface area contributed by atoms with Crippen molar-refractivity contribution < 1.29 is 9.47 Å². The summed E-state index contributed by atoms with van der Waals surface area (Å²) >= 11 is 1.80. The lowest BCUT2D eigenvalue weighted by Crippen LogP contribution is -2.46. The molecule has 1 aromatic carbocycles. The zero-order chi connectivity index (χ0) is 21.9. The van der Waals surface area contributed by atoms with Gasteiger partial charge in [-0.25, -0.2) is 0 Å². The first kappa shape index (κ1) is 26.8. The maximum atomic E-state index is 5.85. The van der Waals surface area contributed by atoms with Gasteiger partial charge in [0.15, 0.2) is 5.96 Å². The van der Waals surface area contributed by atoms with Crippen molar-refractivity contribution in [3.05, 3.63) is 52.2 Å². The van der Waals surface area contributed by atoms with Gasteiger partial charge in [0.05, 0.1) is 19.3 Å². The summed E-state index contributed by atoms with van der Waals surface area (Å²) in [4.78, 5) is 10.4. The van der Waals surface area contributed by atoms with Gasteiger partial charge < -0.3 is 25.0 Å². The SMILES string of the molecule is CN=C(NCc1cccc(OCCN(C)C)c1)NCC(c1cccs1)N1CCOCC1.I. The fourth-order valence-electron chi connectivity index (χ4n) is 3.47. The Bertz CT molecular complexity index is 797. The fourth-order valence-corrected chi connectivity index (χ4v) is 4.33. The van der Waals surface area contributed by atoms with Gasteiger partial charge in [0.1, 0.15) is 12.4 Å². The molecular formula is C23H36IN5O2S. The van der Waals surface area contributed by atoms with Gasteiger partial charge in [-0.2, -0.15) is 0 Å². The average Bonchev–Trinajstić information content (AvgIpc) is 3.31. The largest absolute Gasteiger partial charge is 0.492 e. The first-order valence-electron chi connectivity index (χ1n) is 10.8. The predicted octanol–water partition coefficient (Wildman–Crippen LogP) is 3.05. The molecule has 1 aliphatic heterocycles. The molecule has 1 saturated heterocycles. The van der Waals surface area contributed by atoms with Gasteiger partial charge in [-0.3, -0.25) is 9.89 Å². The zero-order valence-electron chi connectivity index (χ0n) is 19.3. The molecule has 7 nitrogen and oxygen atoms in total. The van der Waals surface area contributed by atoms with E-state index in [9.17, 15) is 0 Å². The van der Waals surface area contributed by atoms with Gasteiger partial charge in [0, 0.05) is 44.6 Å². The minimum absolute atomic E-state index is 0. The van der Waals surface area contributed by atoms with E-state index in [1.165, 1.54) is 4.88 Å². The lowest BCUT2D eigenvalue weighted by atomic mass is 10.2. The minimum atomic E-state index is 0. The van der Waals surface area contributed by atoms with Gasteiger partial charge in [-0.05, 0) is 43.2 Å². The Hall–Kier alpha value is -1.40. The van der Waals surface area contributed by atoms with E-state index < -0.39 is 0 Å². The summed E-state index contributed by atoms with van der Waals surface area (Å²) in [5, 5.41) is 9.08. The van der Waals surface area contributed by atoms with Gasteiger partial charge in [0.2, 0.25) is 0 Å². The minimum Gasteiger partial charge on any atom is -0.492 e. The number of hydrogen-bond acceptors (Lipinski definition) is 6. The third-order valence-electron chi connectivity index (χ3n) is 5.21. The molecule has 2 heterocycles. The fraction of sp³-hybridized carbons (Fsp3) is 0.522. The molecule has 0 amide bonds. The van der Waals surface area contributed by atoms with E-state index in [4.69, 9.17) is 9.47 Å². The number of likely N-dealkylation sites (N-methyl/N-ethyl adjacent to an activating group) is 1. The first-order chi connectivity index (χ1) is 15.2. The van der Waals surface area contributed by atoms with E-state index in [0.717, 1.165) is 56.7 Å². The lowest BCUT2D eigenvalue weighted by molar-refractivity contribution is 0.0177. The van der Waals surface area contributed by atoms with E-state index in [1.807, 2.05) is 33.3 Å². The highest BCUT2D eigenvalue weighted by atomic mass is 127. The van der Waals surface area contributed by atoms with Crippen molar-refractivity contribution in [1.82, 2.24) is 20.4 Å². The van der Waals surface area contributed by atoms with Crippen LogP contribution in [0.25, 0.3) is 0 Å². The highest BCUT2D eigenvalue weighted by Crippen LogP contribution is 2.25. The van der Waals surface area contributed by atoms with Crippen molar-refractivity contribution in [2.75, 3.05) is 67.1 Å². The molecule has 0 saturated carbocycles. The Labute approximate surface area is 213 Å². The number of ether oxygens (including phenoxy) is 2. The van der Waals surface area contributed by atoms with E-state index >= 15 is 0 Å². The Balaban J connectivity index is 0.00000363. The summed E-state index contributed by atoms with van der Waals surface area (Å²) in [7, 11) is 5.90. The maximum Gasteiger partial charge on any atom is 0.191 e. The van der Waals surface area contributed by atoms with Crippen molar-refractivity contribution in [1.29, 1.82) is 0 Å². The second-order valence-electron chi connectivity index (χ2n) is 7.79. The quantitative estimate of drug-likeness (QED) is 0.259. The smallest absolute Gasteiger partial charge is 0.191 e. The molecule has 1 aliphatic rings. The summed E-state index contributed by atoms with van der Waals surface area (Å²) in [6, 6.07) is 12.9. The summed E-state index contributed by atoms with van der Waals surface area (Å²) in [6.45, 7) is 6.56. The van der Waals surface area contributed by atoms with Crippen LogP contribution in [0.1, 0.15) is 16.5 Å². The van der Waals surface area contributed by atoms with E-state index in [0.29, 0.717) is 19.2 Å². The third kappa shape index (κ3) is 8.86. The molecular weight excluding hydrogens is 537 g/mol. The van der Waals surface area contributed by atoms with Crippen LogP contribution in [0.3, 0.4) is 0 Å². The van der Waals surface area contributed by atoms with Crippen molar-refractivity contribution in [2.24, 2.45) is 4.99 Å². The standard InChI is InChI=1S/C23H35N5O2S.HI/c1-24-23(25-17-19-6-4-7-20(16-19)30-14-9-27(2)3)26-18-21(22-8-5-15-31-22)28-10-12-29-13-11-28;/h4-8,15-16,21H,9-14,17-18H2,1-3H3,(H2,24,25,26);1H. The first-order valence-corrected chi connectivity index (χ1v) is 11.7. The number of thiophene rings is 1. The second-order valence-corrected chi connectivity index (χ2v) is 8.76. The Kier molecular flexibility index (Phi) is 12.3. The average molecular weight is 574 g/mol. The van der Waals surface area contributed by atoms with Crippen molar-refractivity contribution in [3.8, 4) is 5.75 Å². The molecule has 1 fully saturated rings. The molecule has 1 aromatic heterocycles. The Morgan fingerprint density at radius 3 is 2.72 bits per heavy atom. The number of halogens is 1. The molecule has 0 radical (unpaired) electrons. The van der Waals surface area contributed by atoms with Crippen LogP contribution in [0.2, 0.25) is 0 Å². The van der Waals surface area contributed by atoms with Gasteiger partial charge >= 0.3 is 0 Å². The highest BCUT2D eigenvalue weighted by molar-refractivity contribution is 14.0. The number of nitrogens with zero attached hydrogens (tertiary/aromatic N) is 3. The maximum absolute atomic E-state index is 5.85. The summed E-state index contributed by atoms with van der Waals surface area (Å²) < 4.78 is 11.4. The number of aliphatic imine (C=N–C) groups is 1. The van der Waals surface area contributed by atoms with Gasteiger partial charge in [0.25, 0.3) is 0 Å². The number of hydrogen-bond donors (Lipinski definition) is 2. The van der Waals surface area contributed by atoms with Crippen molar-refractivity contribution in [2.45, 2.75) is 12.6 Å². The van der Waals surface area contributed by atoms with E-state index in [2.05, 4.69) is 55.1 Å². The van der Waals surface area contributed by atoms with Crippen LogP contribution in [0.5, 0.6) is 5.75 Å². The Morgan fingerprint density at radius 1 is 1.22 bits per heavy atom. The third-order valence-corrected chi connectivity index (χ3v) is 6.18. The van der Waals surface area contributed by atoms with Gasteiger partial charge in [-0.1, -0.05) is 18.2 Å². The van der Waals surface area contributed by atoms with Crippen LogP contribution < -0.4 is 15.4 Å². The molecule has 1 atom stereocenters. The van der Waals surface area contributed by atoms with Gasteiger partial charge in [-0.15, -0.1) is 35.3 Å². The molecule has 9 heteroatoms. The number of morpholine rings is 1. The normalized spacial score (nSPS) is 15.8. The summed E-state index contributed by atoms with van der Waals surface area (Å²) in [6.07, 6.45) is 0. The molecule has 0 bridgehead atoms. The second kappa shape index (κ2) is 14.7. The molecule has 178 valence electrons. The molecule has 3 rings (SSSR count). The van der Waals surface area contributed by atoms with Crippen LogP contribution in [0.4, 0.5) is 0 Å². The molecule has 32 heavy (non-hydrogen) atoms. The Morgan fingerprint density at radius 2 is 2.03 bits per heavy atom. The highest BCUT2D eigenvalue weighted by Gasteiger charge is 2.23. The number of nitrogens with one attached hydrogen (secondary N) is 2. The molecule has 2 N–H and O–H groups in total. The van der Waals surface area contributed by atoms with Crippen LogP contribution in [0, 0.1) is 0 Å². The topological polar surface area (TPSA) is 61.4 Å². The molecule has 0 aliphatic carbocycles. The van der Waals surface area contributed by atoms with E-state index in [-0.39, 0.29) is 24.0 Å². The van der Waals surface area contributed by atoms with Crippen molar-refractivity contribution in [3.63, 3.8) is 0 Å². The molecule has 1 unspecified atom stereocenters. The molecule has 0 spiro atoms. The van der Waals surface area contributed by atoms with Crippen LogP contribution in [-0.2, 0) is 11.3 Å². The van der Waals surface area contributed by atoms with Crippen molar-refractivity contribution >= 4 is 41.3 Å². The molecule has 2 aromatic rings. The number of rotatable bonds is 10. The summed E-state index contributed by atoms with van der Waals surface area (Å²) in [5.41, 5.74) is 1.16. The number of benzene rings is 1. The van der Waals surface area contributed by atoms with E-state index in [1.54, 1.807) is 11.3 Å².